The molecule has 1 aromatic carbocycles. The molecule has 5 fully saturated rings. The van der Waals surface area contributed by atoms with Crippen LogP contribution in [0, 0.1) is 23.2 Å². The van der Waals surface area contributed by atoms with Gasteiger partial charge in [0.25, 0.3) is 0 Å². The number of hydrogen-bond acceptors (Lipinski definition) is 4. The van der Waals surface area contributed by atoms with E-state index in [-0.39, 0.29) is 29.8 Å². The van der Waals surface area contributed by atoms with Crippen LogP contribution < -0.4 is 15.4 Å². The number of primary amides is 1. The Morgan fingerprint density at radius 2 is 1.75 bits per heavy atom. The van der Waals surface area contributed by atoms with Gasteiger partial charge in [0.1, 0.15) is 0 Å². The lowest BCUT2D eigenvalue weighted by Crippen LogP contribution is -2.61. The zero-order valence-corrected chi connectivity index (χ0v) is 19.1. The zero-order chi connectivity index (χ0) is 22.5. The van der Waals surface area contributed by atoms with Gasteiger partial charge in [-0.25, -0.2) is 0 Å². The molecule has 0 aromatic heterocycles. The Morgan fingerprint density at radius 3 is 2.41 bits per heavy atom. The van der Waals surface area contributed by atoms with Crippen molar-refractivity contribution in [1.29, 1.82) is 0 Å². The maximum absolute atomic E-state index is 13.2. The van der Waals surface area contributed by atoms with Gasteiger partial charge in [-0.05, 0) is 73.8 Å². The number of nitrogens with two attached hydrogens (primary N) is 1. The highest BCUT2D eigenvalue weighted by Gasteiger charge is 2.56. The Kier molecular flexibility index (Phi) is 5.44. The van der Waals surface area contributed by atoms with Crippen molar-refractivity contribution in [3.8, 4) is 0 Å². The minimum absolute atomic E-state index is 0.00988. The monoisotopic (exact) mass is 460 g/mol. The fourth-order valence-corrected chi connectivity index (χ4v) is 8.85. The Balaban J connectivity index is 1.25. The number of para-hydroxylation sites is 1. The summed E-state index contributed by atoms with van der Waals surface area (Å²) in [5.41, 5.74) is 6.17. The molecule has 2 atom stereocenters. The van der Waals surface area contributed by atoms with Crippen molar-refractivity contribution in [2.45, 2.75) is 51.0 Å². The fraction of sp³-hybridized carbons (Fsp3) is 0.652. The summed E-state index contributed by atoms with van der Waals surface area (Å²) < 4.78 is 29.0. The number of anilines is 1. The van der Waals surface area contributed by atoms with Gasteiger partial charge in [-0.15, -0.1) is 0 Å². The molecule has 5 aliphatic rings. The third-order valence-electron chi connectivity index (χ3n) is 8.01. The number of rotatable bonds is 6. The average molecular weight is 461 g/mol. The first-order valence-electron chi connectivity index (χ1n) is 11.7. The molecule has 1 aromatic rings. The predicted molar refractivity (Wildman–Crippen MR) is 121 cm³/mol. The minimum atomic E-state index is -3.74. The lowest BCUT2D eigenvalue weighted by atomic mass is 9.47. The molecule has 2 amide bonds. The summed E-state index contributed by atoms with van der Waals surface area (Å²) in [4.78, 5) is 24.6. The maximum atomic E-state index is 13.2. The van der Waals surface area contributed by atoms with E-state index in [1.165, 1.54) is 8.61 Å². The van der Waals surface area contributed by atoms with E-state index in [0.717, 1.165) is 32.1 Å². The summed E-state index contributed by atoms with van der Waals surface area (Å²) in [5.74, 6) is 0.851. The lowest BCUT2D eigenvalue weighted by Gasteiger charge is -2.60. The number of carbonyl (C=O) groups excluding carboxylic acids is 2. The van der Waals surface area contributed by atoms with E-state index in [1.807, 2.05) is 18.2 Å². The van der Waals surface area contributed by atoms with Crippen LogP contribution in [0.3, 0.4) is 0 Å². The van der Waals surface area contributed by atoms with Crippen molar-refractivity contribution in [2.24, 2.45) is 28.9 Å². The Labute approximate surface area is 189 Å². The summed E-state index contributed by atoms with van der Waals surface area (Å²) in [5, 5.41) is 3.19. The molecule has 8 nitrogen and oxygen atoms in total. The van der Waals surface area contributed by atoms with E-state index in [9.17, 15) is 18.0 Å². The molecular formula is C23H32N4O4S. The first-order chi connectivity index (χ1) is 15.3. The fourth-order valence-electron chi connectivity index (χ4n) is 7.18. The SMILES string of the molecule is NC(=O)CC12CC3CC(C1)C(NC(=O)CN1CCCN(c4ccccc4)S1(=O)=O)C(C3)C2. The zero-order valence-electron chi connectivity index (χ0n) is 18.3. The summed E-state index contributed by atoms with van der Waals surface area (Å²) in [6, 6.07) is 9.10. The van der Waals surface area contributed by atoms with Crippen molar-refractivity contribution < 1.29 is 18.0 Å². The van der Waals surface area contributed by atoms with Gasteiger partial charge in [0.15, 0.2) is 0 Å². The molecule has 32 heavy (non-hydrogen) atoms. The number of amides is 2. The second-order valence-electron chi connectivity index (χ2n) is 10.3. The quantitative estimate of drug-likeness (QED) is 0.672. The molecule has 4 saturated carbocycles. The lowest BCUT2D eigenvalue weighted by molar-refractivity contribution is -0.134. The minimum Gasteiger partial charge on any atom is -0.370 e. The van der Waals surface area contributed by atoms with Crippen LogP contribution in [0.2, 0.25) is 0 Å². The third kappa shape index (κ3) is 3.90. The van der Waals surface area contributed by atoms with E-state index < -0.39 is 10.2 Å². The number of hydrogen-bond donors (Lipinski definition) is 2. The summed E-state index contributed by atoms with van der Waals surface area (Å²) in [6.45, 7) is 0.610. The first-order valence-corrected chi connectivity index (χ1v) is 13.1. The maximum Gasteiger partial charge on any atom is 0.304 e. The molecule has 2 unspecified atom stereocenters. The standard InChI is InChI=1S/C23H32N4O4S/c24-20(28)14-23-11-16-9-17(12-23)22(18(10-16)13-23)25-21(29)15-26-7-4-8-27(32(26,30)31)19-5-2-1-3-6-19/h1-3,5-6,16-18,22H,4,7-15H2,(H2,24,28)(H,25,29). The largest absolute Gasteiger partial charge is 0.370 e. The van der Waals surface area contributed by atoms with Gasteiger partial charge in [-0.2, -0.15) is 12.7 Å². The number of nitrogens with one attached hydrogen (secondary N) is 1. The van der Waals surface area contributed by atoms with E-state index in [2.05, 4.69) is 5.32 Å². The molecule has 4 aliphatic carbocycles. The number of benzene rings is 1. The molecule has 1 heterocycles. The molecule has 0 spiro atoms. The normalized spacial score (nSPS) is 35.6. The van der Waals surface area contributed by atoms with Gasteiger partial charge < -0.3 is 11.1 Å². The Morgan fingerprint density at radius 1 is 1.06 bits per heavy atom. The Bertz CT molecular complexity index is 983. The van der Waals surface area contributed by atoms with E-state index in [1.54, 1.807) is 12.1 Å². The molecule has 174 valence electrons. The summed E-state index contributed by atoms with van der Waals surface area (Å²) in [7, 11) is -3.74. The van der Waals surface area contributed by atoms with Crippen molar-refractivity contribution in [3.05, 3.63) is 30.3 Å². The van der Waals surface area contributed by atoms with Crippen LogP contribution in [0.5, 0.6) is 0 Å². The predicted octanol–water partition coefficient (Wildman–Crippen LogP) is 1.63. The van der Waals surface area contributed by atoms with Crippen molar-refractivity contribution >= 4 is 27.7 Å². The van der Waals surface area contributed by atoms with Crippen LogP contribution in [0.25, 0.3) is 0 Å². The molecule has 0 radical (unpaired) electrons. The van der Waals surface area contributed by atoms with E-state index >= 15 is 0 Å². The second kappa shape index (κ2) is 8.02. The van der Waals surface area contributed by atoms with E-state index in [0.29, 0.717) is 49.4 Å². The van der Waals surface area contributed by atoms with Gasteiger partial charge in [0.2, 0.25) is 11.8 Å². The second-order valence-corrected chi connectivity index (χ2v) is 12.2. The topological polar surface area (TPSA) is 113 Å². The van der Waals surface area contributed by atoms with Crippen LogP contribution in [0.15, 0.2) is 30.3 Å². The highest BCUT2D eigenvalue weighted by Crippen LogP contribution is 2.61. The molecule has 3 N–H and O–H groups in total. The molecule has 1 aliphatic heterocycles. The van der Waals surface area contributed by atoms with Crippen molar-refractivity contribution in [3.63, 3.8) is 0 Å². The van der Waals surface area contributed by atoms with Crippen molar-refractivity contribution in [1.82, 2.24) is 9.62 Å². The number of carbonyl (C=O) groups is 2. The van der Waals surface area contributed by atoms with Gasteiger partial charge in [0, 0.05) is 25.6 Å². The van der Waals surface area contributed by atoms with Gasteiger partial charge in [-0.3, -0.25) is 13.9 Å². The van der Waals surface area contributed by atoms with Crippen LogP contribution in [0.4, 0.5) is 5.69 Å². The van der Waals surface area contributed by atoms with Crippen LogP contribution >= 0.6 is 0 Å². The molecule has 1 saturated heterocycles. The average Bonchev–Trinajstić information content (AvgIpc) is 2.71. The molecule has 4 bridgehead atoms. The van der Waals surface area contributed by atoms with Crippen LogP contribution in [-0.2, 0) is 19.8 Å². The highest BCUT2D eigenvalue weighted by atomic mass is 32.2. The Hall–Kier alpha value is -2.13. The molecular weight excluding hydrogens is 428 g/mol. The summed E-state index contributed by atoms with van der Waals surface area (Å²) >= 11 is 0. The molecule has 9 heteroatoms. The van der Waals surface area contributed by atoms with Gasteiger partial charge >= 0.3 is 10.2 Å². The van der Waals surface area contributed by atoms with Gasteiger partial charge in [-0.1, -0.05) is 18.2 Å². The van der Waals surface area contributed by atoms with Gasteiger partial charge in [0.05, 0.1) is 12.2 Å². The third-order valence-corrected chi connectivity index (χ3v) is 9.93. The highest BCUT2D eigenvalue weighted by molar-refractivity contribution is 7.90. The first kappa shape index (κ1) is 21.7. The van der Waals surface area contributed by atoms with Crippen molar-refractivity contribution in [2.75, 3.05) is 23.9 Å². The molecule has 6 rings (SSSR count). The number of nitrogens with zero attached hydrogens (tertiary/aromatic N) is 2. The summed E-state index contributed by atoms with van der Waals surface area (Å²) in [6.07, 6.45) is 6.20. The van der Waals surface area contributed by atoms with Crippen LogP contribution in [0.1, 0.15) is 44.9 Å². The smallest absolute Gasteiger partial charge is 0.304 e. The van der Waals surface area contributed by atoms with E-state index in [4.69, 9.17) is 5.73 Å². The van der Waals surface area contributed by atoms with Crippen LogP contribution in [-0.4, -0.2) is 50.2 Å².